The molecule has 0 radical (unpaired) electrons. The molecule has 0 N–H and O–H groups in total. The number of nitro benzene ring substituents is 1. The molecule has 0 aliphatic heterocycles. The lowest BCUT2D eigenvalue weighted by atomic mass is 10.1. The van der Waals surface area contributed by atoms with Gasteiger partial charge in [0.2, 0.25) is 0 Å². The molecule has 1 atom stereocenters. The molecule has 1 heterocycles. The van der Waals surface area contributed by atoms with Crippen molar-refractivity contribution in [2.24, 2.45) is 0 Å². The smallest absolute Gasteiger partial charge is 0.269 e. The van der Waals surface area contributed by atoms with Gasteiger partial charge in [0.15, 0.2) is 0 Å². The van der Waals surface area contributed by atoms with Crippen LogP contribution in [-0.4, -0.2) is 12.0 Å². The molecule has 2 aromatic rings. The van der Waals surface area contributed by atoms with Crippen molar-refractivity contribution in [3.63, 3.8) is 0 Å². The maximum absolute atomic E-state index is 10.8. The van der Waals surface area contributed by atoms with E-state index in [0.717, 1.165) is 11.3 Å². The maximum Gasteiger partial charge on any atom is 0.269 e. The van der Waals surface area contributed by atoms with Crippen LogP contribution in [0.5, 0.6) is 0 Å². The van der Waals surface area contributed by atoms with Crippen molar-refractivity contribution < 1.29 is 4.92 Å². The number of benzene rings is 1. The Hall–Kier alpha value is -1.59. The molecule has 6 heteroatoms. The fourth-order valence-electron chi connectivity index (χ4n) is 2.07. The van der Waals surface area contributed by atoms with E-state index >= 15 is 0 Å². The van der Waals surface area contributed by atoms with Crippen molar-refractivity contribution >= 4 is 34.3 Å². The Balaban J connectivity index is 2.34. The van der Waals surface area contributed by atoms with Gasteiger partial charge in [0.1, 0.15) is 0 Å². The number of anilines is 1. The molecule has 1 aromatic heterocycles. The van der Waals surface area contributed by atoms with Crippen LogP contribution in [0.25, 0.3) is 0 Å². The second-order valence-corrected chi connectivity index (χ2v) is 5.75. The Bertz CT molecular complexity index is 601. The Morgan fingerprint density at radius 3 is 2.75 bits per heavy atom. The SMILES string of the molecule is CC(c1cccs1)N(C)c1ccc([N+](=O)[O-])cc1CCl. The van der Waals surface area contributed by atoms with Crippen molar-refractivity contribution in [1.82, 2.24) is 0 Å². The van der Waals surface area contributed by atoms with Crippen molar-refractivity contribution in [3.05, 3.63) is 56.3 Å². The Kier molecular flexibility index (Phi) is 4.62. The zero-order valence-corrected chi connectivity index (χ0v) is 12.8. The Morgan fingerprint density at radius 1 is 1.45 bits per heavy atom. The van der Waals surface area contributed by atoms with E-state index in [9.17, 15) is 10.1 Å². The minimum Gasteiger partial charge on any atom is -0.367 e. The minimum absolute atomic E-state index is 0.0709. The molecule has 4 nitrogen and oxygen atoms in total. The Morgan fingerprint density at radius 2 is 2.20 bits per heavy atom. The molecule has 2 rings (SSSR count). The molecular weight excluding hydrogens is 296 g/mol. The van der Waals surface area contributed by atoms with E-state index in [4.69, 9.17) is 11.6 Å². The highest BCUT2D eigenvalue weighted by Gasteiger charge is 2.18. The molecule has 106 valence electrons. The predicted molar refractivity (Wildman–Crippen MR) is 83.8 cm³/mol. The van der Waals surface area contributed by atoms with Gasteiger partial charge in [0.25, 0.3) is 5.69 Å². The first kappa shape index (κ1) is 14.8. The van der Waals surface area contributed by atoms with E-state index < -0.39 is 4.92 Å². The molecule has 0 bridgehead atoms. The number of thiophene rings is 1. The second-order valence-electron chi connectivity index (χ2n) is 4.51. The van der Waals surface area contributed by atoms with Crippen molar-refractivity contribution in [2.45, 2.75) is 18.8 Å². The van der Waals surface area contributed by atoms with Gasteiger partial charge in [0, 0.05) is 35.6 Å². The maximum atomic E-state index is 10.8. The van der Waals surface area contributed by atoms with Crippen LogP contribution in [0, 0.1) is 10.1 Å². The highest BCUT2D eigenvalue weighted by molar-refractivity contribution is 7.10. The lowest BCUT2D eigenvalue weighted by molar-refractivity contribution is -0.384. The van der Waals surface area contributed by atoms with Gasteiger partial charge in [-0.1, -0.05) is 6.07 Å². The number of hydrogen-bond acceptors (Lipinski definition) is 4. The number of rotatable bonds is 5. The number of hydrogen-bond donors (Lipinski definition) is 0. The van der Waals surface area contributed by atoms with E-state index in [-0.39, 0.29) is 17.6 Å². The molecule has 0 fully saturated rings. The Labute approximate surface area is 126 Å². The van der Waals surface area contributed by atoms with Crippen LogP contribution in [0.4, 0.5) is 11.4 Å². The molecule has 0 spiro atoms. The molecule has 1 unspecified atom stereocenters. The monoisotopic (exact) mass is 310 g/mol. The molecule has 1 aromatic carbocycles. The van der Waals surface area contributed by atoms with Crippen LogP contribution in [0.15, 0.2) is 35.7 Å². The molecule has 0 saturated heterocycles. The molecule has 20 heavy (non-hydrogen) atoms. The van der Waals surface area contributed by atoms with Crippen LogP contribution in [-0.2, 0) is 5.88 Å². The van der Waals surface area contributed by atoms with E-state index in [2.05, 4.69) is 17.9 Å². The van der Waals surface area contributed by atoms with E-state index in [1.165, 1.54) is 10.9 Å². The zero-order chi connectivity index (χ0) is 14.7. The lowest BCUT2D eigenvalue weighted by Crippen LogP contribution is -2.22. The summed E-state index contributed by atoms with van der Waals surface area (Å²) < 4.78 is 0. The number of non-ortho nitro benzene ring substituents is 1. The van der Waals surface area contributed by atoms with Crippen LogP contribution >= 0.6 is 22.9 Å². The minimum atomic E-state index is -0.400. The van der Waals surface area contributed by atoms with Gasteiger partial charge in [-0.2, -0.15) is 0 Å². The average Bonchev–Trinajstić information content (AvgIpc) is 2.99. The van der Waals surface area contributed by atoms with E-state index in [1.807, 2.05) is 18.5 Å². The lowest BCUT2D eigenvalue weighted by Gasteiger charge is -2.28. The summed E-state index contributed by atoms with van der Waals surface area (Å²) in [6, 6.07) is 9.11. The van der Waals surface area contributed by atoms with Gasteiger partial charge < -0.3 is 4.90 Å². The zero-order valence-electron chi connectivity index (χ0n) is 11.2. The van der Waals surface area contributed by atoms with Gasteiger partial charge >= 0.3 is 0 Å². The summed E-state index contributed by atoms with van der Waals surface area (Å²) in [4.78, 5) is 13.8. The summed E-state index contributed by atoms with van der Waals surface area (Å²) in [5.41, 5.74) is 1.76. The topological polar surface area (TPSA) is 46.4 Å². The third-order valence-electron chi connectivity index (χ3n) is 3.33. The largest absolute Gasteiger partial charge is 0.367 e. The molecule has 0 aliphatic rings. The van der Waals surface area contributed by atoms with Gasteiger partial charge in [-0.3, -0.25) is 10.1 Å². The summed E-state index contributed by atoms with van der Waals surface area (Å²) in [6.07, 6.45) is 0. The van der Waals surface area contributed by atoms with Crippen molar-refractivity contribution in [3.8, 4) is 0 Å². The fraction of sp³-hybridized carbons (Fsp3) is 0.286. The summed E-state index contributed by atoms with van der Waals surface area (Å²) in [5.74, 6) is 0.249. The van der Waals surface area contributed by atoms with Crippen LogP contribution in [0.2, 0.25) is 0 Å². The van der Waals surface area contributed by atoms with Gasteiger partial charge in [-0.05, 0) is 30.0 Å². The summed E-state index contributed by atoms with van der Waals surface area (Å²) in [6.45, 7) is 2.10. The molecule has 0 saturated carbocycles. The highest BCUT2D eigenvalue weighted by atomic mass is 35.5. The fourth-order valence-corrected chi connectivity index (χ4v) is 3.11. The van der Waals surface area contributed by atoms with Crippen molar-refractivity contribution in [2.75, 3.05) is 11.9 Å². The van der Waals surface area contributed by atoms with Gasteiger partial charge in [0.05, 0.1) is 11.0 Å². The van der Waals surface area contributed by atoms with Crippen LogP contribution < -0.4 is 4.90 Å². The van der Waals surface area contributed by atoms with E-state index in [0.29, 0.717) is 0 Å². The third-order valence-corrected chi connectivity index (χ3v) is 4.66. The number of halogens is 1. The predicted octanol–water partition coefficient (Wildman–Crippen LogP) is 4.59. The first-order chi connectivity index (χ1) is 9.54. The highest BCUT2D eigenvalue weighted by Crippen LogP contribution is 2.32. The first-order valence-electron chi connectivity index (χ1n) is 6.14. The van der Waals surface area contributed by atoms with Gasteiger partial charge in [-0.15, -0.1) is 22.9 Å². The van der Waals surface area contributed by atoms with E-state index in [1.54, 1.807) is 23.5 Å². The average molecular weight is 311 g/mol. The first-order valence-corrected chi connectivity index (χ1v) is 7.55. The quantitative estimate of drug-likeness (QED) is 0.461. The van der Waals surface area contributed by atoms with Crippen molar-refractivity contribution in [1.29, 1.82) is 0 Å². The van der Waals surface area contributed by atoms with Crippen LogP contribution in [0.3, 0.4) is 0 Å². The molecule has 0 amide bonds. The standard InChI is InChI=1S/C14H15ClN2O2S/c1-10(14-4-3-7-20-14)16(2)13-6-5-12(17(18)19)8-11(13)9-15/h3-8,10H,9H2,1-2H3. The summed E-state index contributed by atoms with van der Waals surface area (Å²) >= 11 is 7.63. The normalized spacial score (nSPS) is 12.2. The van der Waals surface area contributed by atoms with Gasteiger partial charge in [-0.25, -0.2) is 0 Å². The second kappa shape index (κ2) is 6.24. The third kappa shape index (κ3) is 2.94. The molecular formula is C14H15ClN2O2S. The summed E-state index contributed by atoms with van der Waals surface area (Å²) in [5, 5.41) is 12.9. The summed E-state index contributed by atoms with van der Waals surface area (Å²) in [7, 11) is 1.97. The molecule has 0 aliphatic carbocycles. The number of alkyl halides is 1. The number of nitrogens with zero attached hydrogens (tertiary/aromatic N) is 2. The van der Waals surface area contributed by atoms with Crippen LogP contribution in [0.1, 0.15) is 23.4 Å². The number of nitro groups is 1.